The van der Waals surface area contributed by atoms with Gasteiger partial charge in [0.05, 0.1) is 6.10 Å². The first kappa shape index (κ1) is 8.70. The first-order valence-electron chi connectivity index (χ1n) is 3.49. The van der Waals surface area contributed by atoms with Crippen LogP contribution in [0.2, 0.25) is 0 Å². The first-order valence-corrected chi connectivity index (χ1v) is 3.49. The van der Waals surface area contributed by atoms with Crippen LogP contribution in [-0.4, -0.2) is 13.2 Å². The van der Waals surface area contributed by atoms with Crippen LogP contribution in [0.5, 0.6) is 0 Å². The fraction of sp³-hybridized carbons (Fsp3) is 0.750. The maximum Gasteiger partial charge on any atom is 0.0577 e. The summed E-state index contributed by atoms with van der Waals surface area (Å²) < 4.78 is 5.05. The van der Waals surface area contributed by atoms with E-state index in [4.69, 9.17) is 4.74 Å². The lowest BCUT2D eigenvalue weighted by Crippen LogP contribution is -2.01. The highest BCUT2D eigenvalue weighted by molar-refractivity contribution is 4.81. The molecule has 0 saturated carbocycles. The maximum absolute atomic E-state index is 5.05. The van der Waals surface area contributed by atoms with E-state index in [-0.39, 0.29) is 0 Å². The Balaban J connectivity index is 3.15. The third kappa shape index (κ3) is 5.57. The van der Waals surface area contributed by atoms with Crippen molar-refractivity contribution in [2.45, 2.75) is 32.8 Å². The van der Waals surface area contributed by atoms with Crippen molar-refractivity contribution in [2.24, 2.45) is 0 Å². The van der Waals surface area contributed by atoms with Crippen LogP contribution in [0.15, 0.2) is 12.2 Å². The van der Waals surface area contributed by atoms with Crippen molar-refractivity contribution in [3.05, 3.63) is 12.2 Å². The molecule has 0 amide bonds. The molecule has 0 aromatic rings. The summed E-state index contributed by atoms with van der Waals surface area (Å²) in [7, 11) is 1.74. The molecule has 0 aliphatic carbocycles. The van der Waals surface area contributed by atoms with Gasteiger partial charge in [-0.05, 0) is 19.8 Å². The molecular weight excluding hydrogens is 112 g/mol. The Labute approximate surface area is 57.7 Å². The SMILES string of the molecule is CC/C=C/CC(C)OC. The highest BCUT2D eigenvalue weighted by Gasteiger charge is 1.91. The van der Waals surface area contributed by atoms with Crippen LogP contribution in [0.25, 0.3) is 0 Å². The topological polar surface area (TPSA) is 9.23 Å². The van der Waals surface area contributed by atoms with E-state index < -0.39 is 0 Å². The molecule has 0 N–H and O–H groups in total. The minimum Gasteiger partial charge on any atom is -0.381 e. The van der Waals surface area contributed by atoms with E-state index in [1.165, 1.54) is 0 Å². The van der Waals surface area contributed by atoms with Gasteiger partial charge >= 0.3 is 0 Å². The highest BCUT2D eigenvalue weighted by atomic mass is 16.5. The van der Waals surface area contributed by atoms with Gasteiger partial charge in [0.25, 0.3) is 0 Å². The molecule has 9 heavy (non-hydrogen) atoms. The van der Waals surface area contributed by atoms with E-state index >= 15 is 0 Å². The fourth-order valence-corrected chi connectivity index (χ4v) is 0.551. The molecule has 1 heteroatoms. The van der Waals surface area contributed by atoms with Crippen molar-refractivity contribution in [2.75, 3.05) is 7.11 Å². The molecule has 0 aliphatic rings. The fourth-order valence-electron chi connectivity index (χ4n) is 0.551. The smallest absolute Gasteiger partial charge is 0.0577 e. The predicted molar refractivity (Wildman–Crippen MR) is 40.5 cm³/mol. The number of methoxy groups -OCH3 is 1. The van der Waals surface area contributed by atoms with Gasteiger partial charge < -0.3 is 4.74 Å². The van der Waals surface area contributed by atoms with Gasteiger partial charge in [0.1, 0.15) is 0 Å². The van der Waals surface area contributed by atoms with E-state index in [1.54, 1.807) is 7.11 Å². The second-order valence-corrected chi connectivity index (χ2v) is 2.16. The van der Waals surface area contributed by atoms with Gasteiger partial charge in [-0.1, -0.05) is 19.1 Å². The molecule has 0 aromatic heterocycles. The summed E-state index contributed by atoms with van der Waals surface area (Å²) in [5, 5.41) is 0. The second-order valence-electron chi connectivity index (χ2n) is 2.16. The van der Waals surface area contributed by atoms with Crippen molar-refractivity contribution in [1.82, 2.24) is 0 Å². The lowest BCUT2D eigenvalue weighted by Gasteiger charge is -2.03. The summed E-state index contributed by atoms with van der Waals surface area (Å²) in [5.41, 5.74) is 0. The Kier molecular flexibility index (Phi) is 5.64. The quantitative estimate of drug-likeness (QED) is 0.528. The van der Waals surface area contributed by atoms with Crippen molar-refractivity contribution >= 4 is 0 Å². The Morgan fingerprint density at radius 1 is 1.44 bits per heavy atom. The number of allylic oxidation sites excluding steroid dienone is 1. The Morgan fingerprint density at radius 2 is 2.11 bits per heavy atom. The molecule has 0 radical (unpaired) electrons. The first-order chi connectivity index (χ1) is 4.31. The summed E-state index contributed by atoms with van der Waals surface area (Å²) in [6, 6.07) is 0. The van der Waals surface area contributed by atoms with Crippen LogP contribution in [0.1, 0.15) is 26.7 Å². The van der Waals surface area contributed by atoms with E-state index in [0.29, 0.717) is 6.10 Å². The predicted octanol–water partition coefficient (Wildman–Crippen LogP) is 2.38. The van der Waals surface area contributed by atoms with Crippen LogP contribution in [0, 0.1) is 0 Å². The molecule has 1 atom stereocenters. The highest BCUT2D eigenvalue weighted by Crippen LogP contribution is 1.96. The van der Waals surface area contributed by atoms with E-state index in [0.717, 1.165) is 12.8 Å². The van der Waals surface area contributed by atoms with Gasteiger partial charge in [-0.25, -0.2) is 0 Å². The second kappa shape index (κ2) is 5.83. The van der Waals surface area contributed by atoms with Crippen molar-refractivity contribution in [3.63, 3.8) is 0 Å². The maximum atomic E-state index is 5.05. The summed E-state index contributed by atoms with van der Waals surface area (Å²) >= 11 is 0. The molecule has 0 bridgehead atoms. The van der Waals surface area contributed by atoms with Crippen molar-refractivity contribution in [1.29, 1.82) is 0 Å². The molecule has 1 unspecified atom stereocenters. The summed E-state index contributed by atoms with van der Waals surface area (Å²) in [6.45, 7) is 4.20. The summed E-state index contributed by atoms with van der Waals surface area (Å²) in [4.78, 5) is 0. The molecule has 0 aliphatic heterocycles. The van der Waals surface area contributed by atoms with Gasteiger partial charge in [0, 0.05) is 7.11 Å². The van der Waals surface area contributed by atoms with Gasteiger partial charge in [-0.2, -0.15) is 0 Å². The lowest BCUT2D eigenvalue weighted by molar-refractivity contribution is 0.121. The minimum atomic E-state index is 0.368. The molecule has 0 rings (SSSR count). The van der Waals surface area contributed by atoms with Crippen LogP contribution in [0.3, 0.4) is 0 Å². The Bertz CT molecular complexity index is 76.6. The Hall–Kier alpha value is -0.300. The number of hydrogen-bond acceptors (Lipinski definition) is 1. The van der Waals surface area contributed by atoms with Gasteiger partial charge in [0.2, 0.25) is 0 Å². The van der Waals surface area contributed by atoms with Crippen LogP contribution < -0.4 is 0 Å². The zero-order valence-electron chi connectivity index (χ0n) is 6.55. The van der Waals surface area contributed by atoms with Gasteiger partial charge in [-0.3, -0.25) is 0 Å². The zero-order valence-corrected chi connectivity index (χ0v) is 6.55. The third-order valence-electron chi connectivity index (χ3n) is 1.27. The summed E-state index contributed by atoms with van der Waals surface area (Å²) in [6.07, 6.45) is 6.84. The molecule has 1 nitrogen and oxygen atoms in total. The molecule has 0 saturated heterocycles. The third-order valence-corrected chi connectivity index (χ3v) is 1.27. The average molecular weight is 128 g/mol. The lowest BCUT2D eigenvalue weighted by atomic mass is 10.2. The summed E-state index contributed by atoms with van der Waals surface area (Å²) in [5.74, 6) is 0. The van der Waals surface area contributed by atoms with Gasteiger partial charge in [-0.15, -0.1) is 0 Å². The average Bonchev–Trinajstić information content (AvgIpc) is 1.89. The van der Waals surface area contributed by atoms with Crippen LogP contribution in [-0.2, 0) is 4.74 Å². The Morgan fingerprint density at radius 3 is 2.56 bits per heavy atom. The van der Waals surface area contributed by atoms with E-state index in [1.807, 2.05) is 0 Å². The van der Waals surface area contributed by atoms with E-state index in [9.17, 15) is 0 Å². The molecule has 0 fully saturated rings. The molecule has 54 valence electrons. The standard InChI is InChI=1S/C8H16O/c1-4-5-6-7-8(2)9-3/h5-6,8H,4,7H2,1-3H3/b6-5+. The van der Waals surface area contributed by atoms with E-state index in [2.05, 4.69) is 26.0 Å². The van der Waals surface area contributed by atoms with Gasteiger partial charge in [0.15, 0.2) is 0 Å². The largest absolute Gasteiger partial charge is 0.381 e. The van der Waals surface area contributed by atoms with Crippen molar-refractivity contribution < 1.29 is 4.74 Å². The number of rotatable bonds is 4. The monoisotopic (exact) mass is 128 g/mol. The molecule has 0 heterocycles. The minimum absolute atomic E-state index is 0.368. The number of hydrogen-bond donors (Lipinski definition) is 0. The molecular formula is C8H16O. The molecule has 0 spiro atoms. The number of ether oxygens (including phenoxy) is 1. The van der Waals surface area contributed by atoms with Crippen molar-refractivity contribution in [3.8, 4) is 0 Å². The molecule has 0 aromatic carbocycles. The normalized spacial score (nSPS) is 14.6. The zero-order chi connectivity index (χ0) is 7.11. The van der Waals surface area contributed by atoms with Crippen LogP contribution >= 0.6 is 0 Å². The van der Waals surface area contributed by atoms with Crippen LogP contribution in [0.4, 0.5) is 0 Å².